The van der Waals surface area contributed by atoms with E-state index < -0.39 is 23.9 Å². The summed E-state index contributed by atoms with van der Waals surface area (Å²) in [6, 6.07) is 0. The molecule has 0 saturated carbocycles. The summed E-state index contributed by atoms with van der Waals surface area (Å²) in [7, 11) is 2.45. The first-order valence-corrected chi connectivity index (χ1v) is 6.26. The molecule has 124 valence electrons. The monoisotopic (exact) mass is 316 g/mol. The summed E-state index contributed by atoms with van der Waals surface area (Å²) in [6.07, 6.45) is 4.07. The highest BCUT2D eigenvalue weighted by atomic mass is 16.5. The molecule has 0 unspecified atom stereocenters. The zero-order valence-corrected chi connectivity index (χ0v) is 13.0. The molecule has 0 aromatic carbocycles. The zero-order valence-electron chi connectivity index (χ0n) is 13.0. The van der Waals surface area contributed by atoms with Gasteiger partial charge in [-0.3, -0.25) is 0 Å². The van der Waals surface area contributed by atoms with Crippen molar-refractivity contribution in [2.75, 3.05) is 27.4 Å². The minimum atomic E-state index is -0.578. The Labute approximate surface area is 128 Å². The van der Waals surface area contributed by atoms with Crippen LogP contribution in [-0.4, -0.2) is 51.3 Å². The van der Waals surface area contributed by atoms with E-state index in [1.165, 1.54) is 14.2 Å². The Morgan fingerprint density at radius 2 is 0.909 bits per heavy atom. The smallest absolute Gasteiger partial charge is 0.330 e. The molecule has 0 heterocycles. The second kappa shape index (κ2) is 14.8. The first-order chi connectivity index (χ1) is 10.4. The minimum Gasteiger partial charge on any atom is -0.466 e. The van der Waals surface area contributed by atoms with E-state index in [1.54, 1.807) is 13.8 Å². The standard InChI is InChI=1S/C8H12O4.C6H8O4/c1-3-11-7(9)5-6-8(10)12-4-2;1-9-5(7)3-4-6(8)10-2/h5-6H,3-4H2,1-2H3;3-4H,1-2H3/b6-5-;4-3-. The predicted molar refractivity (Wildman–Crippen MR) is 75.6 cm³/mol. The molecule has 0 aromatic heterocycles. The first-order valence-electron chi connectivity index (χ1n) is 6.26. The second-order valence-electron chi connectivity index (χ2n) is 3.22. The molecular formula is C14H20O8. The van der Waals surface area contributed by atoms with Gasteiger partial charge in [-0.2, -0.15) is 0 Å². The second-order valence-corrected chi connectivity index (χ2v) is 3.22. The Kier molecular flexibility index (Phi) is 14.5. The molecule has 0 bridgehead atoms. The van der Waals surface area contributed by atoms with Crippen LogP contribution in [0.25, 0.3) is 0 Å². The lowest BCUT2D eigenvalue weighted by Crippen LogP contribution is -2.03. The molecule has 22 heavy (non-hydrogen) atoms. The van der Waals surface area contributed by atoms with Crippen molar-refractivity contribution in [3.05, 3.63) is 24.3 Å². The van der Waals surface area contributed by atoms with E-state index >= 15 is 0 Å². The fourth-order valence-electron chi connectivity index (χ4n) is 0.789. The van der Waals surface area contributed by atoms with Crippen molar-refractivity contribution >= 4 is 23.9 Å². The van der Waals surface area contributed by atoms with Gasteiger partial charge in [0, 0.05) is 24.3 Å². The summed E-state index contributed by atoms with van der Waals surface area (Å²) >= 11 is 0. The van der Waals surface area contributed by atoms with Crippen LogP contribution in [0.1, 0.15) is 13.8 Å². The largest absolute Gasteiger partial charge is 0.466 e. The number of rotatable bonds is 6. The molecule has 0 radical (unpaired) electrons. The third kappa shape index (κ3) is 15.4. The molecule has 0 rings (SSSR count). The van der Waals surface area contributed by atoms with Crippen LogP contribution in [0, 0.1) is 0 Å². The topological polar surface area (TPSA) is 105 Å². The van der Waals surface area contributed by atoms with Crippen LogP contribution in [0.5, 0.6) is 0 Å². The number of esters is 4. The Morgan fingerprint density at radius 1 is 0.636 bits per heavy atom. The lowest BCUT2D eigenvalue weighted by atomic mass is 10.5. The van der Waals surface area contributed by atoms with Crippen molar-refractivity contribution in [3.63, 3.8) is 0 Å². The van der Waals surface area contributed by atoms with Crippen LogP contribution < -0.4 is 0 Å². The molecule has 8 nitrogen and oxygen atoms in total. The third-order valence-electron chi connectivity index (χ3n) is 1.69. The SMILES string of the molecule is CCOC(=O)/C=C\C(=O)OCC.COC(=O)/C=C\C(=O)OC. The number of carbonyl (C=O) groups excluding carboxylic acids is 4. The van der Waals surface area contributed by atoms with Crippen LogP contribution in [0.2, 0.25) is 0 Å². The van der Waals surface area contributed by atoms with Crippen molar-refractivity contribution in [2.45, 2.75) is 13.8 Å². The van der Waals surface area contributed by atoms with E-state index in [4.69, 9.17) is 0 Å². The van der Waals surface area contributed by atoms with E-state index in [-0.39, 0.29) is 0 Å². The predicted octanol–water partition coefficient (Wildman–Crippen LogP) is 0.557. The maximum atomic E-state index is 10.6. The molecular weight excluding hydrogens is 296 g/mol. The maximum Gasteiger partial charge on any atom is 0.330 e. The van der Waals surface area contributed by atoms with Crippen molar-refractivity contribution in [1.29, 1.82) is 0 Å². The fourth-order valence-corrected chi connectivity index (χ4v) is 0.789. The molecule has 0 amide bonds. The van der Waals surface area contributed by atoms with Crippen LogP contribution in [0.15, 0.2) is 24.3 Å². The molecule has 0 N–H and O–H groups in total. The Morgan fingerprint density at radius 3 is 1.14 bits per heavy atom. The average molecular weight is 316 g/mol. The third-order valence-corrected chi connectivity index (χ3v) is 1.69. The van der Waals surface area contributed by atoms with Gasteiger partial charge in [-0.1, -0.05) is 0 Å². The van der Waals surface area contributed by atoms with Crippen molar-refractivity contribution < 1.29 is 38.1 Å². The van der Waals surface area contributed by atoms with Gasteiger partial charge in [0.05, 0.1) is 27.4 Å². The number of carbonyl (C=O) groups is 4. The van der Waals surface area contributed by atoms with E-state index in [9.17, 15) is 19.2 Å². The van der Waals surface area contributed by atoms with Gasteiger partial charge in [0.2, 0.25) is 0 Å². The van der Waals surface area contributed by atoms with Crippen LogP contribution in [-0.2, 0) is 38.1 Å². The van der Waals surface area contributed by atoms with Crippen molar-refractivity contribution in [3.8, 4) is 0 Å². The molecule has 0 spiro atoms. The number of hydrogen-bond acceptors (Lipinski definition) is 8. The van der Waals surface area contributed by atoms with E-state index in [2.05, 4.69) is 18.9 Å². The van der Waals surface area contributed by atoms with Crippen LogP contribution in [0.3, 0.4) is 0 Å². The molecule has 0 saturated heterocycles. The molecule has 0 atom stereocenters. The van der Waals surface area contributed by atoms with Gasteiger partial charge in [-0.05, 0) is 13.8 Å². The van der Waals surface area contributed by atoms with Crippen LogP contribution in [0.4, 0.5) is 0 Å². The molecule has 8 heteroatoms. The Bertz CT molecular complexity index is 385. The van der Waals surface area contributed by atoms with Gasteiger partial charge < -0.3 is 18.9 Å². The van der Waals surface area contributed by atoms with Gasteiger partial charge >= 0.3 is 23.9 Å². The molecule has 0 aromatic rings. The highest BCUT2D eigenvalue weighted by molar-refractivity contribution is 5.92. The number of methoxy groups -OCH3 is 2. The van der Waals surface area contributed by atoms with Crippen LogP contribution >= 0.6 is 0 Å². The van der Waals surface area contributed by atoms with Crippen molar-refractivity contribution in [2.24, 2.45) is 0 Å². The quantitative estimate of drug-likeness (QED) is 0.397. The molecule has 0 fully saturated rings. The summed E-state index contributed by atoms with van der Waals surface area (Å²) in [5.41, 5.74) is 0. The van der Waals surface area contributed by atoms with Crippen molar-refractivity contribution in [1.82, 2.24) is 0 Å². The zero-order chi connectivity index (χ0) is 17.4. The van der Waals surface area contributed by atoms with E-state index in [1.807, 2.05) is 0 Å². The van der Waals surface area contributed by atoms with Gasteiger partial charge in [0.1, 0.15) is 0 Å². The van der Waals surface area contributed by atoms with Gasteiger partial charge in [-0.15, -0.1) is 0 Å². The Hall–Kier alpha value is -2.64. The lowest BCUT2D eigenvalue weighted by molar-refractivity contribution is -0.140. The highest BCUT2D eigenvalue weighted by Gasteiger charge is 1.97. The number of ether oxygens (including phenoxy) is 4. The van der Waals surface area contributed by atoms with E-state index in [0.29, 0.717) is 13.2 Å². The summed E-state index contributed by atoms with van der Waals surface area (Å²) < 4.78 is 17.5. The summed E-state index contributed by atoms with van der Waals surface area (Å²) in [4.78, 5) is 41.9. The van der Waals surface area contributed by atoms with Gasteiger partial charge in [0.25, 0.3) is 0 Å². The summed E-state index contributed by atoms with van der Waals surface area (Å²) in [6.45, 7) is 3.98. The highest BCUT2D eigenvalue weighted by Crippen LogP contribution is 1.84. The molecule has 0 aliphatic heterocycles. The first kappa shape index (κ1) is 21.7. The molecule has 0 aliphatic rings. The summed E-state index contributed by atoms with van der Waals surface area (Å²) in [5.74, 6) is -2.23. The average Bonchev–Trinajstić information content (AvgIpc) is 2.51. The van der Waals surface area contributed by atoms with Gasteiger partial charge in [-0.25, -0.2) is 19.2 Å². The lowest BCUT2D eigenvalue weighted by Gasteiger charge is -1.95. The maximum absolute atomic E-state index is 10.6. The van der Waals surface area contributed by atoms with Gasteiger partial charge in [0.15, 0.2) is 0 Å². The fraction of sp³-hybridized carbons (Fsp3) is 0.429. The normalized spacial score (nSPS) is 9.64. The summed E-state index contributed by atoms with van der Waals surface area (Å²) in [5, 5.41) is 0. The minimum absolute atomic E-state index is 0.298. The number of hydrogen-bond donors (Lipinski definition) is 0. The Balaban J connectivity index is 0. The van der Waals surface area contributed by atoms with E-state index in [0.717, 1.165) is 24.3 Å². The molecule has 0 aliphatic carbocycles.